The van der Waals surface area contributed by atoms with Crippen LogP contribution in [0.15, 0.2) is 48.7 Å². The van der Waals surface area contributed by atoms with Crippen molar-refractivity contribution in [2.45, 2.75) is 76.7 Å². The minimum absolute atomic E-state index is 0.162. The Balaban J connectivity index is 1.18. The van der Waals surface area contributed by atoms with Gasteiger partial charge in [-0.1, -0.05) is 6.07 Å². The fourth-order valence-electron chi connectivity index (χ4n) is 5.19. The summed E-state index contributed by atoms with van der Waals surface area (Å²) < 4.78 is 11.4. The van der Waals surface area contributed by atoms with Crippen LogP contribution in [0.5, 0.6) is 5.75 Å². The number of aryl methyl sites for hydroxylation is 1. The number of nitrogens with zero attached hydrogens (tertiary/aromatic N) is 1. The minimum Gasteiger partial charge on any atom is -0.491 e. The van der Waals surface area contributed by atoms with E-state index in [4.69, 9.17) is 14.5 Å². The third-order valence-electron chi connectivity index (χ3n) is 7.64. The van der Waals surface area contributed by atoms with E-state index in [-0.39, 0.29) is 12.0 Å². The Kier molecular flexibility index (Phi) is 7.74. The summed E-state index contributed by atoms with van der Waals surface area (Å²) in [7, 11) is 0. The maximum Gasteiger partial charge on any atom is 0.255 e. The summed E-state index contributed by atoms with van der Waals surface area (Å²) in [5.41, 5.74) is 3.76. The number of amides is 1. The number of rotatable bonds is 8. The largest absolute Gasteiger partial charge is 0.491 e. The Morgan fingerprint density at radius 1 is 1.16 bits per heavy atom. The number of fused-ring (bicyclic) bond motifs is 1. The second kappa shape index (κ2) is 11.2. The van der Waals surface area contributed by atoms with Crippen LogP contribution in [0.3, 0.4) is 0 Å². The van der Waals surface area contributed by atoms with Gasteiger partial charge in [0.15, 0.2) is 0 Å². The maximum absolute atomic E-state index is 12.9. The van der Waals surface area contributed by atoms with Crippen LogP contribution in [0.4, 0.5) is 5.69 Å². The molecule has 1 amide bonds. The SMILES string of the molecule is Cc1c(NC(=O)c2ccc(OC[C@@H]3CCCO3)cc2)ccc2cc(CN[C@H]3CC[C@](C)(O)CC3)cnc12. The van der Waals surface area contributed by atoms with E-state index in [0.29, 0.717) is 18.2 Å². The van der Waals surface area contributed by atoms with Crippen LogP contribution in [-0.4, -0.2) is 47.0 Å². The molecule has 2 fully saturated rings. The molecule has 2 heterocycles. The van der Waals surface area contributed by atoms with Gasteiger partial charge in [-0.25, -0.2) is 0 Å². The van der Waals surface area contributed by atoms with Crippen molar-refractivity contribution in [3.05, 3.63) is 65.4 Å². The van der Waals surface area contributed by atoms with Gasteiger partial charge in [0.1, 0.15) is 12.4 Å². The quantitative estimate of drug-likeness (QED) is 0.394. The summed E-state index contributed by atoms with van der Waals surface area (Å²) in [6, 6.07) is 13.7. The van der Waals surface area contributed by atoms with E-state index in [0.717, 1.165) is 85.1 Å². The van der Waals surface area contributed by atoms with E-state index in [1.54, 1.807) is 12.1 Å². The molecule has 7 heteroatoms. The zero-order valence-electron chi connectivity index (χ0n) is 21.8. The lowest BCUT2D eigenvalue weighted by atomic mass is 9.83. The predicted octanol–water partition coefficient (Wildman–Crippen LogP) is 5.14. The van der Waals surface area contributed by atoms with Gasteiger partial charge in [-0.15, -0.1) is 0 Å². The molecule has 3 N–H and O–H groups in total. The molecular weight excluding hydrogens is 466 g/mol. The maximum atomic E-state index is 12.9. The highest BCUT2D eigenvalue weighted by molar-refractivity contribution is 6.06. The lowest BCUT2D eigenvalue weighted by Gasteiger charge is -2.33. The number of pyridine rings is 1. The number of hydrogen-bond acceptors (Lipinski definition) is 6. The highest BCUT2D eigenvalue weighted by Crippen LogP contribution is 2.28. The molecule has 5 rings (SSSR count). The van der Waals surface area contributed by atoms with Crippen molar-refractivity contribution >= 4 is 22.5 Å². The first-order valence-electron chi connectivity index (χ1n) is 13.4. The standard InChI is InChI=1S/C30H37N3O4/c1-20-27(33-29(34)22-5-8-25(9-6-22)37-19-26-4-3-15-36-26)10-7-23-16-21(18-32-28(20)23)17-31-24-11-13-30(2,35)14-12-24/h5-10,16,18,24,26,31,35H,3-4,11-15,17,19H2,1-2H3,(H,33,34)/t24-,26-,30-/m0/s1. The van der Waals surface area contributed by atoms with Crippen molar-refractivity contribution in [2.75, 3.05) is 18.5 Å². The van der Waals surface area contributed by atoms with Crippen molar-refractivity contribution in [3.63, 3.8) is 0 Å². The molecule has 2 aliphatic rings. The summed E-state index contributed by atoms with van der Waals surface area (Å²) in [5, 5.41) is 17.9. The van der Waals surface area contributed by atoms with Gasteiger partial charge in [0.2, 0.25) is 0 Å². The molecule has 0 spiro atoms. The van der Waals surface area contributed by atoms with Crippen molar-refractivity contribution in [3.8, 4) is 5.75 Å². The highest BCUT2D eigenvalue weighted by Gasteiger charge is 2.28. The first kappa shape index (κ1) is 25.6. The molecule has 1 aromatic heterocycles. The van der Waals surface area contributed by atoms with Gasteiger partial charge in [-0.3, -0.25) is 9.78 Å². The first-order valence-corrected chi connectivity index (χ1v) is 13.4. The van der Waals surface area contributed by atoms with E-state index >= 15 is 0 Å². The number of carbonyl (C=O) groups is 1. The van der Waals surface area contributed by atoms with Gasteiger partial charge in [-0.05, 0) is 99.9 Å². The third kappa shape index (κ3) is 6.47. The normalized spacial score (nSPS) is 23.8. The van der Waals surface area contributed by atoms with Gasteiger partial charge in [0, 0.05) is 42.0 Å². The Hall–Kier alpha value is -3.00. The Bertz CT molecular complexity index is 1230. The summed E-state index contributed by atoms with van der Waals surface area (Å²) in [4.78, 5) is 17.6. The third-order valence-corrected chi connectivity index (χ3v) is 7.64. The summed E-state index contributed by atoms with van der Waals surface area (Å²) in [5.74, 6) is 0.569. The number of benzene rings is 2. The predicted molar refractivity (Wildman–Crippen MR) is 145 cm³/mol. The van der Waals surface area contributed by atoms with Crippen LogP contribution in [0.25, 0.3) is 10.9 Å². The summed E-state index contributed by atoms with van der Waals surface area (Å²) in [6.45, 7) is 6.01. The molecule has 3 aromatic rings. The second-order valence-corrected chi connectivity index (χ2v) is 10.7. The second-order valence-electron chi connectivity index (χ2n) is 10.7. The number of hydrogen-bond donors (Lipinski definition) is 3. The van der Waals surface area contributed by atoms with E-state index in [2.05, 4.69) is 16.7 Å². The number of nitrogens with one attached hydrogen (secondary N) is 2. The molecule has 1 saturated carbocycles. The van der Waals surface area contributed by atoms with Crippen LogP contribution in [-0.2, 0) is 11.3 Å². The van der Waals surface area contributed by atoms with Gasteiger partial charge < -0.3 is 25.2 Å². The number of anilines is 1. The fraction of sp³-hybridized carbons (Fsp3) is 0.467. The van der Waals surface area contributed by atoms with E-state index < -0.39 is 5.60 Å². The van der Waals surface area contributed by atoms with Gasteiger partial charge in [0.25, 0.3) is 5.91 Å². The zero-order chi connectivity index (χ0) is 25.8. The van der Waals surface area contributed by atoms with Gasteiger partial charge in [-0.2, -0.15) is 0 Å². The zero-order valence-corrected chi connectivity index (χ0v) is 21.8. The molecule has 0 radical (unpaired) electrons. The highest BCUT2D eigenvalue weighted by atomic mass is 16.5. The average Bonchev–Trinajstić information content (AvgIpc) is 3.42. The van der Waals surface area contributed by atoms with Crippen LogP contribution in [0.2, 0.25) is 0 Å². The van der Waals surface area contributed by atoms with Crippen molar-refractivity contribution in [2.24, 2.45) is 0 Å². The van der Waals surface area contributed by atoms with Gasteiger partial charge in [0.05, 0.1) is 17.2 Å². The molecule has 1 aliphatic carbocycles. The average molecular weight is 504 g/mol. The van der Waals surface area contributed by atoms with Crippen molar-refractivity contribution < 1.29 is 19.4 Å². The van der Waals surface area contributed by atoms with E-state index in [9.17, 15) is 9.90 Å². The van der Waals surface area contributed by atoms with Crippen molar-refractivity contribution in [1.82, 2.24) is 10.3 Å². The molecule has 7 nitrogen and oxygen atoms in total. The van der Waals surface area contributed by atoms with Crippen LogP contribution in [0, 0.1) is 6.92 Å². The lowest BCUT2D eigenvalue weighted by Crippen LogP contribution is -2.39. The van der Waals surface area contributed by atoms with Crippen LogP contribution in [0.1, 0.15) is 66.9 Å². The Morgan fingerprint density at radius 3 is 2.68 bits per heavy atom. The monoisotopic (exact) mass is 503 g/mol. The molecule has 37 heavy (non-hydrogen) atoms. The number of ether oxygens (including phenoxy) is 2. The number of aromatic nitrogens is 1. The molecule has 196 valence electrons. The van der Waals surface area contributed by atoms with Crippen LogP contribution >= 0.6 is 0 Å². The fourth-order valence-corrected chi connectivity index (χ4v) is 5.19. The smallest absolute Gasteiger partial charge is 0.255 e. The lowest BCUT2D eigenvalue weighted by molar-refractivity contribution is 0.0140. The molecule has 1 saturated heterocycles. The molecule has 1 aliphatic heterocycles. The molecule has 0 unspecified atom stereocenters. The molecule has 2 aromatic carbocycles. The van der Waals surface area contributed by atoms with Crippen LogP contribution < -0.4 is 15.4 Å². The van der Waals surface area contributed by atoms with Crippen molar-refractivity contribution in [1.29, 1.82) is 0 Å². The molecular formula is C30H37N3O4. The van der Waals surface area contributed by atoms with E-state index in [1.807, 2.05) is 44.3 Å². The molecule has 1 atom stereocenters. The number of aliphatic hydroxyl groups is 1. The number of carbonyl (C=O) groups excluding carboxylic acids is 1. The van der Waals surface area contributed by atoms with Gasteiger partial charge >= 0.3 is 0 Å². The summed E-state index contributed by atoms with van der Waals surface area (Å²) in [6.07, 6.45) is 7.83. The topological polar surface area (TPSA) is 92.7 Å². The first-order chi connectivity index (χ1) is 17.9. The molecule has 0 bridgehead atoms. The van der Waals surface area contributed by atoms with E-state index in [1.165, 1.54) is 0 Å². The Labute approximate surface area is 218 Å². The Morgan fingerprint density at radius 2 is 1.95 bits per heavy atom. The minimum atomic E-state index is -0.518. The summed E-state index contributed by atoms with van der Waals surface area (Å²) >= 11 is 0.